The first-order valence-corrected chi connectivity index (χ1v) is 7.73. The van der Waals surface area contributed by atoms with Gasteiger partial charge in [-0.2, -0.15) is 0 Å². The zero-order valence-electron chi connectivity index (χ0n) is 12.4. The number of hydrogen-bond acceptors (Lipinski definition) is 1. The van der Waals surface area contributed by atoms with Crippen LogP contribution in [-0.4, -0.2) is 6.54 Å². The van der Waals surface area contributed by atoms with E-state index in [1.54, 1.807) is 0 Å². The molecule has 1 nitrogen and oxygen atoms in total. The van der Waals surface area contributed by atoms with Crippen molar-refractivity contribution in [1.29, 1.82) is 0 Å². The first-order valence-electron chi connectivity index (χ1n) is 7.73. The standard InChI is InChI=1S/C17H28FN/c1-3-4-5-6-7-8-9-14-19-15(2)16-10-12-17(18)13-11-16/h10-13,15,19H,3-9,14H2,1-2H3. The van der Waals surface area contributed by atoms with Crippen molar-refractivity contribution in [2.24, 2.45) is 0 Å². The van der Waals surface area contributed by atoms with Crippen molar-refractivity contribution in [2.45, 2.75) is 64.8 Å². The number of nitrogens with one attached hydrogen (secondary N) is 1. The summed E-state index contributed by atoms with van der Waals surface area (Å²) in [6.07, 6.45) is 9.35. The third-order valence-electron chi connectivity index (χ3n) is 3.60. The molecule has 1 unspecified atom stereocenters. The molecule has 1 aromatic rings. The molecule has 0 saturated carbocycles. The summed E-state index contributed by atoms with van der Waals surface area (Å²) >= 11 is 0. The quantitative estimate of drug-likeness (QED) is 0.571. The highest BCUT2D eigenvalue weighted by atomic mass is 19.1. The van der Waals surface area contributed by atoms with E-state index >= 15 is 0 Å². The van der Waals surface area contributed by atoms with Gasteiger partial charge in [0, 0.05) is 6.04 Å². The topological polar surface area (TPSA) is 12.0 Å². The van der Waals surface area contributed by atoms with Crippen LogP contribution in [0.5, 0.6) is 0 Å². The Morgan fingerprint density at radius 2 is 1.53 bits per heavy atom. The molecule has 0 bridgehead atoms. The summed E-state index contributed by atoms with van der Waals surface area (Å²) in [5.74, 6) is -0.164. The van der Waals surface area contributed by atoms with E-state index < -0.39 is 0 Å². The Balaban J connectivity index is 2.04. The van der Waals surface area contributed by atoms with E-state index in [1.165, 1.54) is 57.1 Å². The molecule has 0 aliphatic heterocycles. The molecule has 0 fully saturated rings. The van der Waals surface area contributed by atoms with E-state index in [2.05, 4.69) is 19.2 Å². The molecule has 1 rings (SSSR count). The zero-order valence-corrected chi connectivity index (χ0v) is 12.4. The first kappa shape index (κ1) is 16.2. The van der Waals surface area contributed by atoms with E-state index in [4.69, 9.17) is 0 Å². The molecule has 0 heterocycles. The molecule has 19 heavy (non-hydrogen) atoms. The molecule has 1 aromatic carbocycles. The van der Waals surface area contributed by atoms with Crippen LogP contribution >= 0.6 is 0 Å². The van der Waals surface area contributed by atoms with Crippen LogP contribution in [0.2, 0.25) is 0 Å². The third kappa shape index (κ3) is 7.31. The lowest BCUT2D eigenvalue weighted by Gasteiger charge is -2.14. The fourth-order valence-corrected chi connectivity index (χ4v) is 2.27. The highest BCUT2D eigenvalue weighted by Crippen LogP contribution is 2.13. The Bertz CT molecular complexity index is 321. The minimum Gasteiger partial charge on any atom is -0.310 e. The van der Waals surface area contributed by atoms with Gasteiger partial charge in [0.15, 0.2) is 0 Å². The second kappa shape index (κ2) is 9.96. The van der Waals surface area contributed by atoms with E-state index in [-0.39, 0.29) is 5.82 Å². The fourth-order valence-electron chi connectivity index (χ4n) is 2.27. The third-order valence-corrected chi connectivity index (χ3v) is 3.60. The minimum atomic E-state index is -0.164. The average Bonchev–Trinajstić information content (AvgIpc) is 2.42. The molecule has 0 spiro atoms. The summed E-state index contributed by atoms with van der Waals surface area (Å²) in [5, 5.41) is 3.50. The predicted octanol–water partition coefficient (Wildman–Crippen LogP) is 5.23. The number of benzene rings is 1. The van der Waals surface area contributed by atoms with Crippen LogP contribution in [0.25, 0.3) is 0 Å². The monoisotopic (exact) mass is 265 g/mol. The Morgan fingerprint density at radius 3 is 2.16 bits per heavy atom. The van der Waals surface area contributed by atoms with Crippen molar-refractivity contribution >= 4 is 0 Å². The molecule has 108 valence electrons. The molecule has 1 atom stereocenters. The van der Waals surface area contributed by atoms with Crippen molar-refractivity contribution in [3.8, 4) is 0 Å². The van der Waals surface area contributed by atoms with Gasteiger partial charge >= 0.3 is 0 Å². The minimum absolute atomic E-state index is 0.164. The molecule has 0 saturated heterocycles. The Morgan fingerprint density at radius 1 is 0.947 bits per heavy atom. The predicted molar refractivity (Wildman–Crippen MR) is 80.8 cm³/mol. The molecule has 0 aliphatic carbocycles. The number of halogens is 1. The Kier molecular flexibility index (Phi) is 8.48. The van der Waals surface area contributed by atoms with E-state index in [9.17, 15) is 4.39 Å². The summed E-state index contributed by atoms with van der Waals surface area (Å²) in [7, 11) is 0. The summed E-state index contributed by atoms with van der Waals surface area (Å²) in [6.45, 7) is 5.43. The van der Waals surface area contributed by atoms with Gasteiger partial charge in [-0.1, -0.05) is 57.6 Å². The van der Waals surface area contributed by atoms with Crippen molar-refractivity contribution in [3.63, 3.8) is 0 Å². The smallest absolute Gasteiger partial charge is 0.123 e. The summed E-state index contributed by atoms with van der Waals surface area (Å²) in [6, 6.07) is 7.08. The van der Waals surface area contributed by atoms with Gasteiger partial charge in [0.05, 0.1) is 0 Å². The van der Waals surface area contributed by atoms with Gasteiger partial charge < -0.3 is 5.32 Å². The van der Waals surface area contributed by atoms with Crippen molar-refractivity contribution in [1.82, 2.24) is 5.32 Å². The average molecular weight is 265 g/mol. The maximum Gasteiger partial charge on any atom is 0.123 e. The second-order valence-corrected chi connectivity index (χ2v) is 5.35. The lowest BCUT2D eigenvalue weighted by atomic mass is 10.1. The largest absolute Gasteiger partial charge is 0.310 e. The first-order chi connectivity index (χ1) is 9.24. The SMILES string of the molecule is CCCCCCCCCNC(C)c1ccc(F)cc1. The zero-order chi connectivity index (χ0) is 13.9. The normalized spacial score (nSPS) is 12.6. The highest BCUT2D eigenvalue weighted by molar-refractivity contribution is 5.19. The number of hydrogen-bond donors (Lipinski definition) is 1. The van der Waals surface area contributed by atoms with Crippen molar-refractivity contribution in [2.75, 3.05) is 6.54 Å². The Labute approximate surface area is 117 Å². The molecule has 0 radical (unpaired) electrons. The molecule has 2 heteroatoms. The van der Waals surface area contributed by atoms with Crippen LogP contribution in [0.15, 0.2) is 24.3 Å². The van der Waals surface area contributed by atoms with Gasteiger partial charge in [0.1, 0.15) is 5.82 Å². The maximum absolute atomic E-state index is 12.8. The maximum atomic E-state index is 12.8. The fraction of sp³-hybridized carbons (Fsp3) is 0.647. The highest BCUT2D eigenvalue weighted by Gasteiger charge is 2.03. The summed E-state index contributed by atoms with van der Waals surface area (Å²) in [4.78, 5) is 0. The lowest BCUT2D eigenvalue weighted by Crippen LogP contribution is -2.19. The van der Waals surface area contributed by atoms with Crippen LogP contribution in [0.1, 0.15) is 70.4 Å². The van der Waals surface area contributed by atoms with Gasteiger partial charge in [0.2, 0.25) is 0 Å². The van der Waals surface area contributed by atoms with Crippen molar-refractivity contribution < 1.29 is 4.39 Å². The van der Waals surface area contributed by atoms with E-state index in [0.717, 1.165) is 12.1 Å². The van der Waals surface area contributed by atoms with Gasteiger partial charge in [-0.05, 0) is 37.6 Å². The van der Waals surface area contributed by atoms with Gasteiger partial charge in [-0.15, -0.1) is 0 Å². The number of unbranched alkanes of at least 4 members (excludes halogenated alkanes) is 6. The van der Waals surface area contributed by atoms with Crippen LogP contribution in [-0.2, 0) is 0 Å². The van der Waals surface area contributed by atoms with E-state index in [1.807, 2.05) is 12.1 Å². The molecular formula is C17H28FN. The molecule has 1 N–H and O–H groups in total. The summed E-state index contributed by atoms with van der Waals surface area (Å²) < 4.78 is 12.8. The molecular weight excluding hydrogens is 237 g/mol. The van der Waals surface area contributed by atoms with E-state index in [0.29, 0.717) is 6.04 Å². The Hall–Kier alpha value is -0.890. The molecule has 0 amide bonds. The van der Waals surface area contributed by atoms with Crippen LogP contribution < -0.4 is 5.32 Å². The van der Waals surface area contributed by atoms with Crippen LogP contribution in [0.3, 0.4) is 0 Å². The van der Waals surface area contributed by atoms with Gasteiger partial charge in [-0.3, -0.25) is 0 Å². The van der Waals surface area contributed by atoms with Gasteiger partial charge in [-0.25, -0.2) is 4.39 Å². The lowest BCUT2D eigenvalue weighted by molar-refractivity contribution is 0.523. The second-order valence-electron chi connectivity index (χ2n) is 5.35. The molecule has 0 aromatic heterocycles. The van der Waals surface area contributed by atoms with Crippen LogP contribution in [0.4, 0.5) is 4.39 Å². The number of rotatable bonds is 10. The molecule has 0 aliphatic rings. The van der Waals surface area contributed by atoms with Gasteiger partial charge in [0.25, 0.3) is 0 Å². The summed E-state index contributed by atoms with van der Waals surface area (Å²) in [5.41, 5.74) is 1.16. The van der Waals surface area contributed by atoms with Crippen LogP contribution in [0, 0.1) is 5.82 Å². The van der Waals surface area contributed by atoms with Crippen molar-refractivity contribution in [3.05, 3.63) is 35.6 Å².